The van der Waals surface area contributed by atoms with Crippen LogP contribution in [-0.2, 0) is 24.1 Å². The Bertz CT molecular complexity index is 960. The Balaban J connectivity index is 1.35. The number of aryl methyl sites for hydroxylation is 3. The molecule has 5 nitrogen and oxygen atoms in total. The smallest absolute Gasteiger partial charge is 0.226 e. The maximum atomic E-state index is 13.8. The number of oxazole rings is 1. The zero-order valence-corrected chi connectivity index (χ0v) is 15.2. The third kappa shape index (κ3) is 4.05. The van der Waals surface area contributed by atoms with Gasteiger partial charge in [0.1, 0.15) is 11.6 Å². The van der Waals surface area contributed by atoms with Crippen molar-refractivity contribution < 1.29 is 18.0 Å². The normalized spacial score (nSPS) is 13.4. The first-order valence-electron chi connectivity index (χ1n) is 8.77. The highest BCUT2D eigenvalue weighted by molar-refractivity contribution is 7.15. The quantitative estimate of drug-likeness (QED) is 0.696. The predicted octanol–water partition coefficient (Wildman–Crippen LogP) is 4.53. The number of nitrogens with zero attached hydrogens (tertiary/aromatic N) is 2. The molecule has 140 valence electrons. The van der Waals surface area contributed by atoms with Crippen molar-refractivity contribution in [2.75, 3.05) is 5.32 Å². The van der Waals surface area contributed by atoms with Crippen LogP contribution < -0.4 is 5.32 Å². The Morgan fingerprint density at radius 2 is 2.11 bits per heavy atom. The van der Waals surface area contributed by atoms with Crippen LogP contribution in [0.15, 0.2) is 28.8 Å². The minimum absolute atomic E-state index is 0.132. The van der Waals surface area contributed by atoms with Gasteiger partial charge < -0.3 is 9.73 Å². The molecule has 0 aliphatic heterocycles. The minimum atomic E-state index is -0.719. The van der Waals surface area contributed by atoms with Gasteiger partial charge in [-0.25, -0.2) is 18.7 Å². The number of benzene rings is 1. The minimum Gasteiger partial charge on any atom is -0.441 e. The van der Waals surface area contributed by atoms with E-state index in [1.54, 1.807) is 0 Å². The molecule has 8 heteroatoms. The van der Waals surface area contributed by atoms with E-state index in [4.69, 9.17) is 4.42 Å². The fraction of sp³-hybridized carbons (Fsp3) is 0.316. The van der Waals surface area contributed by atoms with Crippen LogP contribution in [-0.4, -0.2) is 15.9 Å². The Kier molecular flexibility index (Phi) is 4.98. The van der Waals surface area contributed by atoms with Crippen LogP contribution in [0.1, 0.15) is 35.7 Å². The molecule has 0 fully saturated rings. The third-order valence-corrected chi connectivity index (χ3v) is 5.48. The molecule has 0 atom stereocenters. The van der Waals surface area contributed by atoms with E-state index in [-0.39, 0.29) is 30.1 Å². The lowest BCUT2D eigenvalue weighted by atomic mass is 10.0. The van der Waals surface area contributed by atoms with Crippen LogP contribution in [0.2, 0.25) is 0 Å². The number of hydrogen-bond donors (Lipinski definition) is 1. The van der Waals surface area contributed by atoms with Crippen molar-refractivity contribution in [1.82, 2.24) is 9.97 Å². The van der Waals surface area contributed by atoms with E-state index in [0.717, 1.165) is 37.1 Å². The van der Waals surface area contributed by atoms with E-state index < -0.39 is 11.6 Å². The van der Waals surface area contributed by atoms with Crippen LogP contribution in [0, 0.1) is 11.6 Å². The standard InChI is InChI=1S/C19H17F2N3O2S/c20-11-5-6-12(13(21)9-11)15-10-22-18(26-15)8-7-17(25)24-19-23-14-3-1-2-4-16(14)27-19/h5-6,9-10H,1-4,7-8H2,(H,23,24,25). The molecule has 1 N–H and O–H groups in total. The summed E-state index contributed by atoms with van der Waals surface area (Å²) in [6, 6.07) is 3.24. The molecule has 1 aliphatic carbocycles. The van der Waals surface area contributed by atoms with Gasteiger partial charge in [-0.3, -0.25) is 4.79 Å². The van der Waals surface area contributed by atoms with Crippen molar-refractivity contribution in [3.05, 3.63) is 52.5 Å². The van der Waals surface area contributed by atoms with Crippen LogP contribution in [0.25, 0.3) is 11.3 Å². The Labute approximate surface area is 158 Å². The number of aromatic nitrogens is 2. The van der Waals surface area contributed by atoms with Crippen molar-refractivity contribution in [2.24, 2.45) is 0 Å². The number of fused-ring (bicyclic) bond motifs is 1. The number of rotatable bonds is 5. The number of halogens is 2. The van der Waals surface area contributed by atoms with E-state index in [1.165, 1.54) is 34.9 Å². The van der Waals surface area contributed by atoms with Crippen LogP contribution in [0.3, 0.4) is 0 Å². The highest BCUT2D eigenvalue weighted by atomic mass is 32.1. The molecule has 1 aromatic carbocycles. The lowest BCUT2D eigenvalue weighted by Crippen LogP contribution is -2.12. The molecule has 3 aromatic rings. The zero-order valence-electron chi connectivity index (χ0n) is 14.4. The molecule has 27 heavy (non-hydrogen) atoms. The average molecular weight is 389 g/mol. The fourth-order valence-electron chi connectivity index (χ4n) is 3.05. The van der Waals surface area contributed by atoms with Gasteiger partial charge in [0, 0.05) is 23.8 Å². The summed E-state index contributed by atoms with van der Waals surface area (Å²) < 4.78 is 32.3. The SMILES string of the molecule is O=C(CCc1ncc(-c2ccc(F)cc2F)o1)Nc1nc2c(s1)CCCC2. The molecule has 0 saturated carbocycles. The predicted molar refractivity (Wildman–Crippen MR) is 97.6 cm³/mol. The molecular weight excluding hydrogens is 372 g/mol. The molecule has 0 spiro atoms. The molecule has 2 aromatic heterocycles. The van der Waals surface area contributed by atoms with Gasteiger partial charge in [-0.05, 0) is 37.8 Å². The highest BCUT2D eigenvalue weighted by Gasteiger charge is 2.17. The maximum absolute atomic E-state index is 13.8. The Morgan fingerprint density at radius 3 is 2.93 bits per heavy atom. The number of hydrogen-bond acceptors (Lipinski definition) is 5. The van der Waals surface area contributed by atoms with Crippen molar-refractivity contribution in [2.45, 2.75) is 38.5 Å². The van der Waals surface area contributed by atoms with Crippen LogP contribution in [0.4, 0.5) is 13.9 Å². The first-order chi connectivity index (χ1) is 13.1. The molecule has 0 saturated heterocycles. The van der Waals surface area contributed by atoms with Gasteiger partial charge in [0.15, 0.2) is 16.8 Å². The number of thiazole rings is 1. The number of carbonyl (C=O) groups is 1. The summed E-state index contributed by atoms with van der Waals surface area (Å²) in [5, 5.41) is 3.45. The number of nitrogens with one attached hydrogen (secondary N) is 1. The van der Waals surface area contributed by atoms with Gasteiger partial charge in [-0.1, -0.05) is 0 Å². The largest absolute Gasteiger partial charge is 0.441 e. The van der Waals surface area contributed by atoms with Gasteiger partial charge in [-0.15, -0.1) is 11.3 Å². The topological polar surface area (TPSA) is 68.0 Å². The highest BCUT2D eigenvalue weighted by Crippen LogP contribution is 2.29. The molecule has 1 aliphatic rings. The van der Waals surface area contributed by atoms with E-state index in [9.17, 15) is 13.6 Å². The second kappa shape index (κ2) is 7.56. The first-order valence-corrected chi connectivity index (χ1v) is 9.59. The Morgan fingerprint density at radius 1 is 1.26 bits per heavy atom. The number of carbonyl (C=O) groups excluding carboxylic acids is 1. The first kappa shape index (κ1) is 17.8. The van der Waals surface area contributed by atoms with Gasteiger partial charge in [-0.2, -0.15) is 0 Å². The molecule has 2 heterocycles. The van der Waals surface area contributed by atoms with Gasteiger partial charge in [0.25, 0.3) is 0 Å². The van der Waals surface area contributed by atoms with E-state index in [0.29, 0.717) is 11.0 Å². The molecule has 0 bridgehead atoms. The van der Waals surface area contributed by atoms with Crippen molar-refractivity contribution in [3.8, 4) is 11.3 Å². The molecule has 0 unspecified atom stereocenters. The number of amides is 1. The maximum Gasteiger partial charge on any atom is 0.226 e. The lowest BCUT2D eigenvalue weighted by Gasteiger charge is -2.06. The average Bonchev–Trinajstić information content (AvgIpc) is 3.26. The molecule has 0 radical (unpaired) electrons. The monoisotopic (exact) mass is 389 g/mol. The molecule has 4 rings (SSSR count). The summed E-state index contributed by atoms with van der Waals surface area (Å²) in [5.41, 5.74) is 1.23. The van der Waals surface area contributed by atoms with E-state index >= 15 is 0 Å². The van der Waals surface area contributed by atoms with Gasteiger partial charge in [0.05, 0.1) is 17.5 Å². The summed E-state index contributed by atoms with van der Waals surface area (Å²) in [7, 11) is 0. The summed E-state index contributed by atoms with van der Waals surface area (Å²) in [6.07, 6.45) is 6.14. The molecule has 1 amide bonds. The lowest BCUT2D eigenvalue weighted by molar-refractivity contribution is -0.116. The summed E-state index contributed by atoms with van der Waals surface area (Å²) in [4.78, 5) is 22.0. The van der Waals surface area contributed by atoms with Crippen LogP contribution >= 0.6 is 11.3 Å². The second-order valence-corrected chi connectivity index (χ2v) is 7.47. The molecular formula is C19H17F2N3O2S. The van der Waals surface area contributed by atoms with Gasteiger partial charge in [0.2, 0.25) is 5.91 Å². The second-order valence-electron chi connectivity index (χ2n) is 6.39. The van der Waals surface area contributed by atoms with Crippen molar-refractivity contribution in [3.63, 3.8) is 0 Å². The fourth-order valence-corrected chi connectivity index (χ4v) is 4.11. The van der Waals surface area contributed by atoms with E-state index in [2.05, 4.69) is 15.3 Å². The van der Waals surface area contributed by atoms with E-state index in [1.807, 2.05) is 0 Å². The zero-order chi connectivity index (χ0) is 18.8. The van der Waals surface area contributed by atoms with Crippen LogP contribution in [0.5, 0.6) is 0 Å². The van der Waals surface area contributed by atoms with Crippen molar-refractivity contribution >= 4 is 22.4 Å². The number of anilines is 1. The van der Waals surface area contributed by atoms with Crippen molar-refractivity contribution in [1.29, 1.82) is 0 Å². The van der Waals surface area contributed by atoms with Gasteiger partial charge >= 0.3 is 0 Å². The Hall–Kier alpha value is -2.61. The summed E-state index contributed by atoms with van der Waals surface area (Å²) >= 11 is 1.54. The third-order valence-electron chi connectivity index (χ3n) is 4.41. The summed E-state index contributed by atoms with van der Waals surface area (Å²) in [6.45, 7) is 0. The summed E-state index contributed by atoms with van der Waals surface area (Å²) in [5.74, 6) is -1.02.